The van der Waals surface area contributed by atoms with Crippen molar-refractivity contribution in [3.05, 3.63) is 50.5 Å². The van der Waals surface area contributed by atoms with Crippen LogP contribution >= 0.6 is 0 Å². The van der Waals surface area contributed by atoms with E-state index >= 15 is 0 Å². The molecule has 1 aliphatic carbocycles. The normalized spacial score (nSPS) is 14.6. The Balaban J connectivity index is 2.60. The summed E-state index contributed by atoms with van der Waals surface area (Å²) in [5, 5.41) is 14.2. The molecule has 0 atom stereocenters. The molecular formula is C20H23F3N2O5. The lowest BCUT2D eigenvalue weighted by atomic mass is 9.96. The number of carbonyl (C=O) groups excluding carboxylic acids is 2. The molecule has 1 saturated carbocycles. The Morgan fingerprint density at radius 2 is 1.80 bits per heavy atom. The molecule has 0 bridgehead atoms. The number of esters is 1. The van der Waals surface area contributed by atoms with Gasteiger partial charge in [-0.3, -0.25) is 14.9 Å². The van der Waals surface area contributed by atoms with Gasteiger partial charge in [-0.1, -0.05) is 26.7 Å². The van der Waals surface area contributed by atoms with Crippen LogP contribution in [0, 0.1) is 27.6 Å². The van der Waals surface area contributed by atoms with Crippen LogP contribution < -0.4 is 5.32 Å². The molecule has 10 heteroatoms. The zero-order valence-corrected chi connectivity index (χ0v) is 16.7. The maximum absolute atomic E-state index is 14.9. The zero-order chi connectivity index (χ0) is 22.4. The van der Waals surface area contributed by atoms with Crippen molar-refractivity contribution < 1.29 is 32.4 Å². The van der Waals surface area contributed by atoms with E-state index in [-0.39, 0.29) is 19.1 Å². The lowest BCUT2D eigenvalue weighted by Gasteiger charge is -2.14. The third-order valence-electron chi connectivity index (χ3n) is 4.87. The van der Waals surface area contributed by atoms with Gasteiger partial charge in [-0.05, 0) is 25.7 Å². The highest BCUT2D eigenvalue weighted by molar-refractivity contribution is 6.25. The molecular weight excluding hydrogens is 405 g/mol. The van der Waals surface area contributed by atoms with Crippen molar-refractivity contribution >= 4 is 17.4 Å². The molecule has 1 aromatic carbocycles. The summed E-state index contributed by atoms with van der Waals surface area (Å²) in [6.45, 7) is 2.97. The van der Waals surface area contributed by atoms with Crippen molar-refractivity contribution in [3.8, 4) is 0 Å². The molecule has 1 aliphatic rings. The highest BCUT2D eigenvalue weighted by atomic mass is 19.2. The minimum absolute atomic E-state index is 0.0391. The summed E-state index contributed by atoms with van der Waals surface area (Å²) >= 11 is 0. The molecule has 0 heterocycles. The van der Waals surface area contributed by atoms with Crippen molar-refractivity contribution in [3.63, 3.8) is 0 Å². The molecule has 1 aromatic rings. The van der Waals surface area contributed by atoms with E-state index in [2.05, 4.69) is 5.32 Å². The Bertz CT molecular complexity index is 880. The number of Topliss-reactive ketones (excluding diaryl/α,β-unsaturated/α-hetero) is 1. The predicted octanol–water partition coefficient (Wildman–Crippen LogP) is 4.13. The molecule has 0 radical (unpaired) electrons. The summed E-state index contributed by atoms with van der Waals surface area (Å²) in [5.41, 5.74) is -4.48. The number of benzene rings is 1. The van der Waals surface area contributed by atoms with Gasteiger partial charge in [0.15, 0.2) is 5.82 Å². The summed E-state index contributed by atoms with van der Waals surface area (Å²) in [5.74, 6) is -7.83. The Hall–Kier alpha value is -2.91. The fraction of sp³-hybridized carbons (Fsp3) is 0.500. The number of ketones is 1. The van der Waals surface area contributed by atoms with Crippen LogP contribution in [0.2, 0.25) is 0 Å². The van der Waals surface area contributed by atoms with E-state index in [0.717, 1.165) is 31.9 Å². The number of hydrogen-bond donors (Lipinski definition) is 1. The van der Waals surface area contributed by atoms with Crippen molar-refractivity contribution in [2.24, 2.45) is 0 Å². The molecule has 0 unspecified atom stereocenters. The smallest absolute Gasteiger partial charge is 0.343 e. The monoisotopic (exact) mass is 428 g/mol. The Labute approximate surface area is 171 Å². The van der Waals surface area contributed by atoms with Gasteiger partial charge < -0.3 is 10.1 Å². The number of nitro benzene ring substituents is 1. The third kappa shape index (κ3) is 4.80. The molecule has 0 amide bonds. The molecule has 30 heavy (non-hydrogen) atoms. The van der Waals surface area contributed by atoms with Gasteiger partial charge in [-0.2, -0.15) is 4.39 Å². The Kier molecular flexibility index (Phi) is 7.96. The SMILES string of the molecule is CCCOC(=O)/C(=C/NC1CCCC1)C(=O)c1c(F)c(CC)c(F)c(F)c1[N+](=O)[O-]. The molecule has 0 saturated heterocycles. The number of ether oxygens (including phenoxy) is 1. The van der Waals surface area contributed by atoms with Crippen LogP contribution in [-0.4, -0.2) is 29.3 Å². The van der Waals surface area contributed by atoms with Gasteiger partial charge in [0.1, 0.15) is 17.0 Å². The second-order valence-corrected chi connectivity index (χ2v) is 6.93. The van der Waals surface area contributed by atoms with Crippen LogP contribution in [-0.2, 0) is 16.0 Å². The molecule has 0 spiro atoms. The largest absolute Gasteiger partial charge is 0.462 e. The Morgan fingerprint density at radius 3 is 2.33 bits per heavy atom. The van der Waals surface area contributed by atoms with E-state index < -0.39 is 56.5 Å². The van der Waals surface area contributed by atoms with E-state index in [1.807, 2.05) is 0 Å². The topological polar surface area (TPSA) is 98.5 Å². The maximum Gasteiger partial charge on any atom is 0.343 e. The van der Waals surface area contributed by atoms with Crippen LogP contribution in [0.4, 0.5) is 18.9 Å². The molecule has 0 aliphatic heterocycles. The standard InChI is InChI=1S/C20H23F3N2O5/c1-3-9-30-20(27)13(10-24-11-7-5-6-8-11)19(26)14-15(21)12(4-2)16(22)17(23)18(14)25(28)29/h10-11,24H,3-9H2,1-2H3/b13-10+. The summed E-state index contributed by atoms with van der Waals surface area (Å²) in [4.78, 5) is 35.3. The Morgan fingerprint density at radius 1 is 1.17 bits per heavy atom. The number of nitrogens with one attached hydrogen (secondary N) is 1. The number of carbonyl (C=O) groups is 2. The molecule has 0 aromatic heterocycles. The van der Waals surface area contributed by atoms with Gasteiger partial charge in [-0.15, -0.1) is 0 Å². The van der Waals surface area contributed by atoms with Gasteiger partial charge in [0, 0.05) is 17.8 Å². The van der Waals surface area contributed by atoms with Crippen molar-refractivity contribution in [2.75, 3.05) is 6.61 Å². The van der Waals surface area contributed by atoms with E-state index in [0.29, 0.717) is 6.42 Å². The van der Waals surface area contributed by atoms with Crippen LogP contribution in [0.3, 0.4) is 0 Å². The van der Waals surface area contributed by atoms with E-state index in [1.54, 1.807) is 6.92 Å². The van der Waals surface area contributed by atoms with Crippen LogP contribution in [0.15, 0.2) is 11.8 Å². The fourth-order valence-corrected chi connectivity index (χ4v) is 3.30. The van der Waals surface area contributed by atoms with Crippen molar-refractivity contribution in [1.29, 1.82) is 0 Å². The molecule has 1 N–H and O–H groups in total. The highest BCUT2D eigenvalue weighted by Gasteiger charge is 2.38. The second-order valence-electron chi connectivity index (χ2n) is 6.93. The van der Waals surface area contributed by atoms with Crippen molar-refractivity contribution in [2.45, 2.75) is 58.4 Å². The molecule has 2 rings (SSSR count). The summed E-state index contributed by atoms with van der Waals surface area (Å²) in [7, 11) is 0. The van der Waals surface area contributed by atoms with Gasteiger partial charge in [0.25, 0.3) is 0 Å². The lowest BCUT2D eigenvalue weighted by molar-refractivity contribution is -0.388. The summed E-state index contributed by atoms with van der Waals surface area (Å²) < 4.78 is 48.2. The average Bonchev–Trinajstić information content (AvgIpc) is 3.22. The van der Waals surface area contributed by atoms with Gasteiger partial charge in [0.2, 0.25) is 11.6 Å². The fourth-order valence-electron chi connectivity index (χ4n) is 3.30. The number of nitro groups is 1. The van der Waals surface area contributed by atoms with Gasteiger partial charge in [-0.25, -0.2) is 13.6 Å². The number of hydrogen-bond acceptors (Lipinski definition) is 6. The van der Waals surface area contributed by atoms with Crippen LogP contribution in [0.5, 0.6) is 0 Å². The second kappa shape index (κ2) is 10.2. The van der Waals surface area contributed by atoms with Gasteiger partial charge in [0.05, 0.1) is 11.5 Å². The molecule has 1 fully saturated rings. The summed E-state index contributed by atoms with van der Waals surface area (Å²) in [6, 6.07) is -0.0391. The first-order valence-electron chi connectivity index (χ1n) is 9.76. The lowest BCUT2D eigenvalue weighted by Crippen LogP contribution is -2.26. The molecule has 7 nitrogen and oxygen atoms in total. The molecule has 164 valence electrons. The first-order valence-corrected chi connectivity index (χ1v) is 9.76. The predicted molar refractivity (Wildman–Crippen MR) is 101 cm³/mol. The minimum atomic E-state index is -1.95. The maximum atomic E-state index is 14.9. The van der Waals surface area contributed by atoms with E-state index in [4.69, 9.17) is 4.74 Å². The van der Waals surface area contributed by atoms with E-state index in [1.165, 1.54) is 6.92 Å². The third-order valence-corrected chi connectivity index (χ3v) is 4.87. The minimum Gasteiger partial charge on any atom is -0.462 e. The quantitative estimate of drug-likeness (QED) is 0.0928. The highest BCUT2D eigenvalue weighted by Crippen LogP contribution is 2.33. The average molecular weight is 428 g/mol. The number of rotatable bonds is 9. The number of halogens is 3. The summed E-state index contributed by atoms with van der Waals surface area (Å²) in [6.07, 6.45) is 4.54. The van der Waals surface area contributed by atoms with Crippen molar-refractivity contribution in [1.82, 2.24) is 5.32 Å². The van der Waals surface area contributed by atoms with Gasteiger partial charge >= 0.3 is 11.7 Å². The zero-order valence-electron chi connectivity index (χ0n) is 16.7. The first kappa shape index (κ1) is 23.4. The van der Waals surface area contributed by atoms with E-state index in [9.17, 15) is 32.9 Å². The first-order chi connectivity index (χ1) is 14.2. The van der Waals surface area contributed by atoms with Crippen LogP contribution in [0.1, 0.15) is 61.9 Å². The number of nitrogens with zero attached hydrogens (tertiary/aromatic N) is 1. The van der Waals surface area contributed by atoms with Crippen LogP contribution in [0.25, 0.3) is 0 Å².